The van der Waals surface area contributed by atoms with Crippen LogP contribution in [0.2, 0.25) is 0 Å². The first-order chi connectivity index (χ1) is 11.3. The van der Waals surface area contributed by atoms with Crippen LogP contribution < -0.4 is 15.0 Å². The van der Waals surface area contributed by atoms with E-state index < -0.39 is 0 Å². The molecular weight excluding hydrogens is 284 g/mol. The van der Waals surface area contributed by atoms with E-state index in [0.29, 0.717) is 0 Å². The quantitative estimate of drug-likeness (QED) is 0.574. The normalized spacial score (nSPS) is 11.1. The lowest BCUT2D eigenvalue weighted by atomic mass is 10.2. The zero-order valence-electron chi connectivity index (χ0n) is 13.0. The Labute approximate surface area is 136 Å². The Morgan fingerprint density at radius 3 is 2.00 bits per heavy atom. The molecule has 0 aliphatic rings. The highest BCUT2D eigenvalue weighted by atomic mass is 16.5. The first-order valence-electron chi connectivity index (χ1n) is 7.51. The van der Waals surface area contributed by atoms with Crippen molar-refractivity contribution in [3.8, 4) is 5.75 Å². The van der Waals surface area contributed by atoms with Crippen LogP contribution in [0.1, 0.15) is 5.56 Å². The third-order valence-corrected chi connectivity index (χ3v) is 3.46. The lowest BCUT2D eigenvalue weighted by molar-refractivity contribution is -0.353. The smallest absolute Gasteiger partial charge is 0.285 e. The van der Waals surface area contributed by atoms with E-state index in [1.54, 1.807) is 7.11 Å². The minimum absolute atomic E-state index is 0.841. The second-order valence-electron chi connectivity index (χ2n) is 5.09. The average Bonchev–Trinajstić information content (AvgIpc) is 2.63. The number of anilines is 1. The van der Waals surface area contributed by atoms with Crippen molar-refractivity contribution >= 4 is 17.2 Å². The number of methoxy groups -OCH3 is 1. The summed E-state index contributed by atoms with van der Waals surface area (Å²) < 4.78 is 5.20. The summed E-state index contributed by atoms with van der Waals surface area (Å²) >= 11 is 0. The number of nitrogens with one attached hydrogen (secondary N) is 2. The Morgan fingerprint density at radius 2 is 1.39 bits per heavy atom. The highest BCUT2D eigenvalue weighted by Crippen LogP contribution is 2.12. The monoisotopic (exact) mass is 303 g/mol. The molecule has 3 heteroatoms. The third kappa shape index (κ3) is 3.98. The molecule has 0 heterocycles. The maximum Gasteiger partial charge on any atom is 0.285 e. The molecule has 0 spiro atoms. The summed E-state index contributed by atoms with van der Waals surface area (Å²) in [5, 5.41) is 3.45. The fourth-order valence-electron chi connectivity index (χ4n) is 2.26. The van der Waals surface area contributed by atoms with E-state index in [1.807, 2.05) is 72.8 Å². The van der Waals surface area contributed by atoms with Gasteiger partial charge in [-0.15, -0.1) is 0 Å². The van der Waals surface area contributed by atoms with E-state index in [-0.39, 0.29) is 0 Å². The zero-order chi connectivity index (χ0) is 15.9. The van der Waals surface area contributed by atoms with Gasteiger partial charge in [0.25, 0.3) is 5.84 Å². The number of ether oxygens (including phenoxy) is 1. The highest BCUT2D eigenvalue weighted by molar-refractivity contribution is 6.04. The fraction of sp³-hybridized carbons (Fsp3) is 0.0500. The Hall–Kier alpha value is -3.07. The van der Waals surface area contributed by atoms with Gasteiger partial charge in [0, 0.05) is 0 Å². The standard InChI is InChI=1S/C20H18N2O/c1-23-19-14-12-18(13-15-19)22-20(16-8-4-2-5-9-16)21-17-10-6-3-7-11-17/h2-15H,1H3,(H,21,22)/p+1. The molecule has 0 fully saturated rings. The molecule has 0 aromatic heterocycles. The zero-order valence-corrected chi connectivity index (χ0v) is 13.0. The van der Waals surface area contributed by atoms with Crippen LogP contribution in [0.3, 0.4) is 0 Å². The maximum atomic E-state index is 5.20. The van der Waals surface area contributed by atoms with Crippen molar-refractivity contribution in [2.45, 2.75) is 0 Å². The van der Waals surface area contributed by atoms with E-state index in [1.165, 1.54) is 0 Å². The van der Waals surface area contributed by atoms with E-state index in [9.17, 15) is 0 Å². The second kappa shape index (κ2) is 7.27. The van der Waals surface area contributed by atoms with E-state index in [0.717, 1.165) is 28.5 Å². The number of hydrogen-bond donors (Lipinski definition) is 2. The van der Waals surface area contributed by atoms with Gasteiger partial charge in [-0.25, -0.2) is 10.3 Å². The van der Waals surface area contributed by atoms with Gasteiger partial charge in [0.1, 0.15) is 17.1 Å². The first-order valence-corrected chi connectivity index (χ1v) is 7.51. The van der Waals surface area contributed by atoms with Crippen molar-refractivity contribution in [2.75, 3.05) is 12.4 Å². The molecule has 114 valence electrons. The number of rotatable bonds is 4. The molecule has 2 N–H and O–H groups in total. The van der Waals surface area contributed by atoms with Crippen molar-refractivity contribution in [3.63, 3.8) is 0 Å². The van der Waals surface area contributed by atoms with E-state index in [4.69, 9.17) is 4.74 Å². The molecule has 3 nitrogen and oxygen atoms in total. The van der Waals surface area contributed by atoms with Crippen molar-refractivity contribution in [3.05, 3.63) is 90.5 Å². The van der Waals surface area contributed by atoms with Gasteiger partial charge in [0.15, 0.2) is 0 Å². The van der Waals surface area contributed by atoms with Gasteiger partial charge >= 0.3 is 0 Å². The lowest BCUT2D eigenvalue weighted by Crippen LogP contribution is -2.68. The molecule has 23 heavy (non-hydrogen) atoms. The molecule has 0 saturated heterocycles. The van der Waals surface area contributed by atoms with Gasteiger partial charge in [0.2, 0.25) is 0 Å². The van der Waals surface area contributed by atoms with Crippen LogP contribution in [0.25, 0.3) is 0 Å². The summed E-state index contributed by atoms with van der Waals surface area (Å²) in [4.78, 5) is 3.45. The third-order valence-electron chi connectivity index (χ3n) is 3.46. The van der Waals surface area contributed by atoms with Gasteiger partial charge < -0.3 is 4.74 Å². The number of para-hydroxylation sites is 1. The minimum Gasteiger partial charge on any atom is -0.497 e. The van der Waals surface area contributed by atoms with Crippen LogP contribution in [0.5, 0.6) is 5.75 Å². The van der Waals surface area contributed by atoms with Crippen LogP contribution in [0.4, 0.5) is 11.4 Å². The van der Waals surface area contributed by atoms with Crippen LogP contribution in [0.15, 0.2) is 84.9 Å². The van der Waals surface area contributed by atoms with Crippen molar-refractivity contribution in [2.24, 2.45) is 0 Å². The van der Waals surface area contributed by atoms with E-state index in [2.05, 4.69) is 22.4 Å². The van der Waals surface area contributed by atoms with Gasteiger partial charge in [-0.1, -0.05) is 36.4 Å². The number of hydrogen-bond acceptors (Lipinski definition) is 1. The predicted octanol–water partition coefficient (Wildman–Crippen LogP) is 2.97. The van der Waals surface area contributed by atoms with Crippen molar-refractivity contribution in [1.82, 2.24) is 0 Å². The number of amidine groups is 1. The Kier molecular flexibility index (Phi) is 4.69. The second-order valence-corrected chi connectivity index (χ2v) is 5.09. The number of benzene rings is 3. The molecule has 3 aromatic rings. The summed E-state index contributed by atoms with van der Waals surface area (Å²) in [5.41, 5.74) is 3.12. The van der Waals surface area contributed by atoms with Crippen LogP contribution in [-0.2, 0) is 0 Å². The SMILES string of the molecule is COc1ccc([NH+]=C(Nc2ccccc2)c2ccccc2)cc1. The first kappa shape index (κ1) is 14.9. The molecule has 0 amide bonds. The molecule has 0 bridgehead atoms. The molecule has 0 aliphatic heterocycles. The largest absolute Gasteiger partial charge is 0.497 e. The summed E-state index contributed by atoms with van der Waals surface area (Å²) in [6, 6.07) is 28.2. The minimum atomic E-state index is 0.841. The Bertz CT molecular complexity index is 766. The molecule has 0 unspecified atom stereocenters. The van der Waals surface area contributed by atoms with Crippen molar-refractivity contribution in [1.29, 1.82) is 0 Å². The summed E-state index contributed by atoms with van der Waals surface area (Å²) in [6.07, 6.45) is 0. The molecule has 0 atom stereocenters. The highest BCUT2D eigenvalue weighted by Gasteiger charge is 2.11. The van der Waals surface area contributed by atoms with Crippen molar-refractivity contribution < 1.29 is 9.73 Å². The topological polar surface area (TPSA) is 35.2 Å². The lowest BCUT2D eigenvalue weighted by Gasteiger charge is -2.04. The molecule has 0 aliphatic carbocycles. The van der Waals surface area contributed by atoms with Gasteiger partial charge in [-0.3, -0.25) is 0 Å². The Balaban J connectivity index is 1.95. The summed E-state index contributed by atoms with van der Waals surface area (Å²) in [5.74, 6) is 1.77. The molecule has 0 saturated carbocycles. The van der Waals surface area contributed by atoms with Gasteiger partial charge in [-0.2, -0.15) is 0 Å². The van der Waals surface area contributed by atoms with Gasteiger partial charge in [0.05, 0.1) is 12.7 Å². The van der Waals surface area contributed by atoms with Crippen LogP contribution in [0, 0.1) is 0 Å². The van der Waals surface area contributed by atoms with E-state index >= 15 is 0 Å². The molecule has 0 radical (unpaired) electrons. The predicted molar refractivity (Wildman–Crippen MR) is 94.2 cm³/mol. The fourth-order valence-corrected chi connectivity index (χ4v) is 2.26. The van der Waals surface area contributed by atoms with Crippen LogP contribution >= 0.6 is 0 Å². The molecule has 3 aromatic carbocycles. The van der Waals surface area contributed by atoms with Crippen LogP contribution in [-0.4, -0.2) is 12.9 Å². The van der Waals surface area contributed by atoms with Gasteiger partial charge in [-0.05, 0) is 48.5 Å². The Morgan fingerprint density at radius 1 is 0.783 bits per heavy atom. The average molecular weight is 303 g/mol. The molecule has 3 rings (SSSR count). The summed E-state index contributed by atoms with van der Waals surface area (Å²) in [7, 11) is 1.67. The maximum absolute atomic E-state index is 5.20. The summed E-state index contributed by atoms with van der Waals surface area (Å²) in [6.45, 7) is 0. The molecular formula is C20H19N2O+.